The molecule has 0 unspecified atom stereocenters. The lowest BCUT2D eigenvalue weighted by Crippen LogP contribution is -2.20. The lowest BCUT2D eigenvalue weighted by molar-refractivity contribution is -0.118. The van der Waals surface area contributed by atoms with Crippen molar-refractivity contribution in [3.05, 3.63) is 58.6 Å². The minimum atomic E-state index is -0.197. The van der Waals surface area contributed by atoms with Crippen LogP contribution in [0.5, 0.6) is 5.75 Å². The molecule has 0 heterocycles. The first-order chi connectivity index (χ1) is 9.54. The summed E-state index contributed by atoms with van der Waals surface area (Å²) >= 11 is 5.87. The molecule has 2 aromatic rings. The lowest BCUT2D eigenvalue weighted by atomic mass is 10.2. The van der Waals surface area contributed by atoms with Gasteiger partial charge in [0.1, 0.15) is 5.75 Å². The predicted molar refractivity (Wildman–Crippen MR) is 81.5 cm³/mol. The van der Waals surface area contributed by atoms with Crippen molar-refractivity contribution in [3.8, 4) is 5.75 Å². The second-order valence-corrected chi connectivity index (χ2v) is 5.05. The van der Waals surface area contributed by atoms with Gasteiger partial charge in [-0.1, -0.05) is 23.7 Å². The first-order valence-electron chi connectivity index (χ1n) is 6.30. The Kier molecular flexibility index (Phi) is 4.64. The molecule has 20 heavy (non-hydrogen) atoms. The number of amides is 1. The summed E-state index contributed by atoms with van der Waals surface area (Å²) in [6, 6.07) is 12.9. The van der Waals surface area contributed by atoms with E-state index >= 15 is 0 Å². The molecule has 4 heteroatoms. The van der Waals surface area contributed by atoms with E-state index in [2.05, 4.69) is 5.32 Å². The zero-order chi connectivity index (χ0) is 14.5. The van der Waals surface area contributed by atoms with Gasteiger partial charge in [-0.2, -0.15) is 0 Å². The van der Waals surface area contributed by atoms with Crippen LogP contribution in [-0.2, 0) is 4.79 Å². The number of anilines is 1. The van der Waals surface area contributed by atoms with E-state index in [0.717, 1.165) is 16.8 Å². The summed E-state index contributed by atoms with van der Waals surface area (Å²) in [7, 11) is 0. The van der Waals surface area contributed by atoms with Crippen molar-refractivity contribution in [3.63, 3.8) is 0 Å². The molecule has 1 N–H and O–H groups in total. The second kappa shape index (κ2) is 6.44. The molecule has 0 aliphatic heterocycles. The smallest absolute Gasteiger partial charge is 0.262 e. The third-order valence-corrected chi connectivity index (χ3v) is 3.06. The van der Waals surface area contributed by atoms with Crippen LogP contribution in [0.4, 0.5) is 5.69 Å². The highest BCUT2D eigenvalue weighted by molar-refractivity contribution is 6.30. The van der Waals surface area contributed by atoms with Crippen molar-refractivity contribution in [2.75, 3.05) is 11.9 Å². The highest BCUT2D eigenvalue weighted by Gasteiger charge is 2.06. The topological polar surface area (TPSA) is 38.3 Å². The number of carbonyl (C=O) groups excluding carboxylic acids is 1. The van der Waals surface area contributed by atoms with Crippen molar-refractivity contribution in [1.29, 1.82) is 0 Å². The van der Waals surface area contributed by atoms with E-state index in [-0.39, 0.29) is 12.5 Å². The van der Waals surface area contributed by atoms with E-state index in [1.54, 1.807) is 18.2 Å². The average Bonchev–Trinajstić information content (AvgIpc) is 2.40. The van der Waals surface area contributed by atoms with E-state index in [1.807, 2.05) is 38.1 Å². The Morgan fingerprint density at radius 3 is 2.70 bits per heavy atom. The molecule has 1 amide bonds. The maximum Gasteiger partial charge on any atom is 0.262 e. The quantitative estimate of drug-likeness (QED) is 0.925. The highest BCUT2D eigenvalue weighted by Crippen LogP contribution is 2.19. The summed E-state index contributed by atoms with van der Waals surface area (Å²) in [4.78, 5) is 11.8. The van der Waals surface area contributed by atoms with Crippen LogP contribution in [0.2, 0.25) is 5.02 Å². The van der Waals surface area contributed by atoms with Crippen LogP contribution in [0.25, 0.3) is 0 Å². The molecular formula is C16H16ClNO2. The molecule has 0 fully saturated rings. The third kappa shape index (κ3) is 4.00. The molecule has 0 aliphatic carbocycles. The Balaban J connectivity index is 1.92. The van der Waals surface area contributed by atoms with Gasteiger partial charge in [0, 0.05) is 10.7 Å². The van der Waals surface area contributed by atoms with Gasteiger partial charge in [0.2, 0.25) is 0 Å². The van der Waals surface area contributed by atoms with Crippen molar-refractivity contribution >= 4 is 23.2 Å². The number of hydrogen-bond donors (Lipinski definition) is 1. The van der Waals surface area contributed by atoms with E-state index in [9.17, 15) is 4.79 Å². The SMILES string of the molecule is Cc1cccc(OCC(=O)Nc2ccc(Cl)cc2C)c1. The minimum absolute atomic E-state index is 0.0223. The standard InChI is InChI=1S/C16H16ClNO2/c1-11-4-3-5-14(8-11)20-10-16(19)18-15-7-6-13(17)9-12(15)2/h3-9H,10H2,1-2H3,(H,18,19). The van der Waals surface area contributed by atoms with E-state index < -0.39 is 0 Å². The summed E-state index contributed by atoms with van der Waals surface area (Å²) in [6.45, 7) is 3.85. The number of halogens is 1. The lowest BCUT2D eigenvalue weighted by Gasteiger charge is -2.10. The number of benzene rings is 2. The van der Waals surface area contributed by atoms with Gasteiger partial charge in [-0.05, 0) is 55.3 Å². The van der Waals surface area contributed by atoms with Gasteiger partial charge < -0.3 is 10.1 Å². The van der Waals surface area contributed by atoms with Gasteiger partial charge in [-0.25, -0.2) is 0 Å². The van der Waals surface area contributed by atoms with Crippen LogP contribution >= 0.6 is 11.6 Å². The van der Waals surface area contributed by atoms with Crippen molar-refractivity contribution in [2.45, 2.75) is 13.8 Å². The fourth-order valence-corrected chi connectivity index (χ4v) is 2.03. The molecular weight excluding hydrogens is 274 g/mol. The molecule has 0 atom stereocenters. The maximum atomic E-state index is 11.8. The fraction of sp³-hybridized carbons (Fsp3) is 0.188. The number of carbonyl (C=O) groups is 1. The fourth-order valence-electron chi connectivity index (χ4n) is 1.81. The van der Waals surface area contributed by atoms with Crippen LogP contribution in [0.3, 0.4) is 0 Å². The predicted octanol–water partition coefficient (Wildman–Crippen LogP) is 3.97. The normalized spacial score (nSPS) is 10.2. The number of aryl methyl sites for hydroxylation is 2. The Labute approximate surface area is 123 Å². The average molecular weight is 290 g/mol. The number of ether oxygens (including phenoxy) is 1. The van der Waals surface area contributed by atoms with E-state index in [0.29, 0.717) is 10.8 Å². The summed E-state index contributed by atoms with van der Waals surface area (Å²) in [5.41, 5.74) is 2.75. The molecule has 2 aromatic carbocycles. The van der Waals surface area contributed by atoms with Crippen LogP contribution < -0.4 is 10.1 Å². The van der Waals surface area contributed by atoms with Crippen molar-refractivity contribution < 1.29 is 9.53 Å². The summed E-state index contributed by atoms with van der Waals surface area (Å²) in [5, 5.41) is 3.45. The molecule has 104 valence electrons. The first-order valence-corrected chi connectivity index (χ1v) is 6.68. The first kappa shape index (κ1) is 14.4. The van der Waals surface area contributed by atoms with Crippen LogP contribution in [0.1, 0.15) is 11.1 Å². The van der Waals surface area contributed by atoms with Crippen LogP contribution in [0, 0.1) is 13.8 Å². The Morgan fingerprint density at radius 2 is 2.00 bits per heavy atom. The molecule has 0 aromatic heterocycles. The highest BCUT2D eigenvalue weighted by atomic mass is 35.5. The van der Waals surface area contributed by atoms with Gasteiger partial charge in [0.15, 0.2) is 6.61 Å². The molecule has 0 bridgehead atoms. The second-order valence-electron chi connectivity index (χ2n) is 4.61. The van der Waals surface area contributed by atoms with E-state index in [4.69, 9.17) is 16.3 Å². The van der Waals surface area contributed by atoms with Gasteiger partial charge in [-0.3, -0.25) is 4.79 Å². The Hall–Kier alpha value is -2.00. The van der Waals surface area contributed by atoms with Gasteiger partial charge in [-0.15, -0.1) is 0 Å². The van der Waals surface area contributed by atoms with Crippen molar-refractivity contribution in [2.24, 2.45) is 0 Å². The molecule has 0 saturated carbocycles. The van der Waals surface area contributed by atoms with Gasteiger partial charge in [0.05, 0.1) is 0 Å². The van der Waals surface area contributed by atoms with Gasteiger partial charge in [0.25, 0.3) is 5.91 Å². The third-order valence-electron chi connectivity index (χ3n) is 2.82. The maximum absolute atomic E-state index is 11.8. The van der Waals surface area contributed by atoms with E-state index in [1.165, 1.54) is 0 Å². The summed E-state index contributed by atoms with van der Waals surface area (Å²) in [5.74, 6) is 0.491. The molecule has 0 spiro atoms. The number of rotatable bonds is 4. The molecule has 0 saturated heterocycles. The summed E-state index contributed by atoms with van der Waals surface area (Å²) < 4.78 is 5.45. The Bertz CT molecular complexity index is 626. The molecule has 0 aliphatic rings. The van der Waals surface area contributed by atoms with Crippen LogP contribution in [0.15, 0.2) is 42.5 Å². The number of hydrogen-bond acceptors (Lipinski definition) is 2. The zero-order valence-electron chi connectivity index (χ0n) is 11.4. The molecule has 3 nitrogen and oxygen atoms in total. The minimum Gasteiger partial charge on any atom is -0.484 e. The number of nitrogens with one attached hydrogen (secondary N) is 1. The van der Waals surface area contributed by atoms with Gasteiger partial charge >= 0.3 is 0 Å². The van der Waals surface area contributed by atoms with Crippen molar-refractivity contribution in [1.82, 2.24) is 0 Å². The summed E-state index contributed by atoms with van der Waals surface area (Å²) in [6.07, 6.45) is 0. The monoisotopic (exact) mass is 289 g/mol. The zero-order valence-corrected chi connectivity index (χ0v) is 12.2. The molecule has 2 rings (SSSR count). The van der Waals surface area contributed by atoms with Crippen LogP contribution in [-0.4, -0.2) is 12.5 Å². The molecule has 0 radical (unpaired) electrons. The largest absolute Gasteiger partial charge is 0.484 e. The Morgan fingerprint density at radius 1 is 1.20 bits per heavy atom.